The fourth-order valence-corrected chi connectivity index (χ4v) is 3.75. The number of nitrogens with zero attached hydrogens (tertiary/aromatic N) is 1. The summed E-state index contributed by atoms with van der Waals surface area (Å²) in [5.74, 6) is -3.19. The highest BCUT2D eigenvalue weighted by Crippen LogP contribution is 2.07. The Morgan fingerprint density at radius 3 is 2.10 bits per heavy atom. The lowest BCUT2D eigenvalue weighted by Gasteiger charge is -2.23. The Bertz CT molecular complexity index is 1270. The number of H-pyrrole nitrogens is 1. The molecule has 4 amide bonds. The van der Waals surface area contributed by atoms with Crippen LogP contribution in [0.1, 0.15) is 36.1 Å². The molecular formula is C28H31N5O7. The Hall–Kier alpha value is -5.00. The Balaban J connectivity index is 1.70. The van der Waals surface area contributed by atoms with Crippen molar-refractivity contribution in [2.45, 2.75) is 50.8 Å². The molecule has 0 unspecified atom stereocenters. The number of rotatable bonds is 14. The summed E-state index contributed by atoms with van der Waals surface area (Å²) in [6.07, 6.45) is 1.86. The van der Waals surface area contributed by atoms with Crippen molar-refractivity contribution in [1.82, 2.24) is 25.9 Å². The second-order valence-corrected chi connectivity index (χ2v) is 8.93. The van der Waals surface area contributed by atoms with E-state index in [4.69, 9.17) is 9.84 Å². The fourth-order valence-electron chi connectivity index (χ4n) is 3.75. The first-order valence-corrected chi connectivity index (χ1v) is 12.6. The summed E-state index contributed by atoms with van der Waals surface area (Å²) in [7, 11) is 0. The molecule has 0 bridgehead atoms. The Morgan fingerprint density at radius 1 is 0.825 bits per heavy atom. The average molecular weight is 550 g/mol. The van der Waals surface area contributed by atoms with Gasteiger partial charge in [-0.05, 0) is 17.5 Å². The van der Waals surface area contributed by atoms with Crippen LogP contribution in [0, 0.1) is 0 Å². The molecule has 12 nitrogen and oxygen atoms in total. The number of carbonyl (C=O) groups is 5. The largest absolute Gasteiger partial charge is 0.481 e. The number of nitrogens with one attached hydrogen (secondary N) is 4. The second kappa shape index (κ2) is 15.4. The third-order valence-electron chi connectivity index (χ3n) is 5.76. The molecule has 0 aliphatic carbocycles. The van der Waals surface area contributed by atoms with Gasteiger partial charge >= 0.3 is 12.1 Å². The highest BCUT2D eigenvalue weighted by atomic mass is 16.5. The lowest BCUT2D eigenvalue weighted by Crippen LogP contribution is -2.55. The minimum atomic E-state index is -1.21. The molecule has 3 aromatic rings. The Kier molecular flexibility index (Phi) is 11.4. The van der Waals surface area contributed by atoms with Crippen LogP contribution in [-0.2, 0) is 43.4 Å². The molecule has 0 saturated carbocycles. The molecule has 2 aromatic carbocycles. The molecule has 0 spiro atoms. The number of benzene rings is 2. The molecule has 0 radical (unpaired) electrons. The number of carbonyl (C=O) groups excluding carboxylic acids is 4. The van der Waals surface area contributed by atoms with Crippen molar-refractivity contribution in [2.24, 2.45) is 0 Å². The number of carboxylic acid groups (broad SMARTS) is 1. The average Bonchev–Trinajstić information content (AvgIpc) is 3.45. The zero-order valence-corrected chi connectivity index (χ0v) is 21.7. The molecule has 0 aliphatic heterocycles. The van der Waals surface area contributed by atoms with Crippen LogP contribution in [0.25, 0.3) is 0 Å². The van der Waals surface area contributed by atoms with Crippen molar-refractivity contribution in [3.05, 3.63) is 90.0 Å². The molecule has 12 heteroatoms. The van der Waals surface area contributed by atoms with E-state index in [9.17, 15) is 24.0 Å². The van der Waals surface area contributed by atoms with Crippen LogP contribution in [0.15, 0.2) is 73.2 Å². The van der Waals surface area contributed by atoms with E-state index in [2.05, 4.69) is 25.9 Å². The van der Waals surface area contributed by atoms with Gasteiger partial charge in [-0.2, -0.15) is 0 Å². The van der Waals surface area contributed by atoms with Gasteiger partial charge in [-0.15, -0.1) is 0 Å². The first kappa shape index (κ1) is 29.6. The van der Waals surface area contributed by atoms with Gasteiger partial charge in [0.2, 0.25) is 17.7 Å². The molecule has 210 valence electrons. The predicted octanol–water partition coefficient (Wildman–Crippen LogP) is 1.87. The van der Waals surface area contributed by atoms with Gasteiger partial charge in [-0.3, -0.25) is 24.5 Å². The minimum absolute atomic E-state index is 0.000525. The van der Waals surface area contributed by atoms with Crippen molar-refractivity contribution in [2.75, 3.05) is 0 Å². The van der Waals surface area contributed by atoms with Gasteiger partial charge in [0.25, 0.3) is 0 Å². The summed E-state index contributed by atoms with van der Waals surface area (Å²) >= 11 is 0. The normalized spacial score (nSPS) is 12.0. The summed E-state index contributed by atoms with van der Waals surface area (Å²) in [5.41, 5.74) is 1.98. The number of carboxylic acids is 1. The van der Waals surface area contributed by atoms with E-state index in [1.807, 2.05) is 24.3 Å². The lowest BCUT2D eigenvalue weighted by molar-refractivity contribution is -0.137. The monoisotopic (exact) mass is 549 g/mol. The number of aromatic amines is 1. The van der Waals surface area contributed by atoms with E-state index >= 15 is 0 Å². The molecule has 0 fully saturated rings. The third kappa shape index (κ3) is 10.4. The summed E-state index contributed by atoms with van der Waals surface area (Å²) < 4.78 is 5.28. The van der Waals surface area contributed by atoms with E-state index < -0.39 is 41.9 Å². The van der Waals surface area contributed by atoms with Gasteiger partial charge in [0, 0.05) is 31.9 Å². The maximum atomic E-state index is 13.4. The number of ether oxygens (including phenoxy) is 1. The van der Waals surface area contributed by atoms with Gasteiger partial charge in [0.15, 0.2) is 0 Å². The molecular weight excluding hydrogens is 518 g/mol. The van der Waals surface area contributed by atoms with Crippen LogP contribution in [0.3, 0.4) is 0 Å². The number of imidazole rings is 1. The number of alkyl carbamates (subject to hydrolysis) is 1. The standard InChI is InChI=1S/C28H31N5O7/c34-24(12-7-13-25(35)36)33-27(38)23(15-21-16-29-18-30-21)31-26(37)22(14-19-8-3-1-4-9-19)32-28(39)40-17-20-10-5-2-6-11-20/h1-6,8-11,16,18,22-23H,7,12-15,17H2,(H,29,30)(H,31,37)(H,32,39)(H,35,36)(H,33,34,38)/t22-,23-/m0/s1. The van der Waals surface area contributed by atoms with Crippen LogP contribution < -0.4 is 16.0 Å². The van der Waals surface area contributed by atoms with Crippen LogP contribution in [0.4, 0.5) is 4.79 Å². The zero-order valence-electron chi connectivity index (χ0n) is 21.7. The van der Waals surface area contributed by atoms with Gasteiger partial charge in [-0.25, -0.2) is 9.78 Å². The predicted molar refractivity (Wildman–Crippen MR) is 143 cm³/mol. The maximum Gasteiger partial charge on any atom is 0.408 e. The van der Waals surface area contributed by atoms with Crippen molar-refractivity contribution >= 4 is 29.8 Å². The Morgan fingerprint density at radius 2 is 1.48 bits per heavy atom. The fraction of sp³-hybridized carbons (Fsp3) is 0.286. The first-order valence-electron chi connectivity index (χ1n) is 12.6. The number of aromatic nitrogens is 2. The highest BCUT2D eigenvalue weighted by Gasteiger charge is 2.29. The lowest BCUT2D eigenvalue weighted by atomic mass is 10.0. The molecule has 1 heterocycles. The Labute approximate surface area is 230 Å². The minimum Gasteiger partial charge on any atom is -0.481 e. The van der Waals surface area contributed by atoms with Crippen molar-refractivity contribution in [3.8, 4) is 0 Å². The van der Waals surface area contributed by atoms with Crippen LogP contribution in [0.5, 0.6) is 0 Å². The summed E-state index contributed by atoms with van der Waals surface area (Å²) in [6, 6.07) is 15.7. The third-order valence-corrected chi connectivity index (χ3v) is 5.76. The number of imide groups is 1. The number of aliphatic carboxylic acids is 1. The summed E-state index contributed by atoms with van der Waals surface area (Å²) in [5, 5.41) is 16.1. The topological polar surface area (TPSA) is 180 Å². The molecule has 0 saturated heterocycles. The first-order chi connectivity index (χ1) is 19.3. The highest BCUT2D eigenvalue weighted by molar-refractivity contribution is 6.00. The maximum absolute atomic E-state index is 13.4. The number of hydrogen-bond acceptors (Lipinski definition) is 7. The van der Waals surface area contributed by atoms with Gasteiger partial charge in [0.05, 0.1) is 12.0 Å². The molecule has 0 aliphatic rings. The van der Waals surface area contributed by atoms with E-state index in [1.54, 1.807) is 42.6 Å². The van der Waals surface area contributed by atoms with Crippen molar-refractivity contribution in [1.29, 1.82) is 0 Å². The smallest absolute Gasteiger partial charge is 0.408 e. The molecule has 2 atom stereocenters. The van der Waals surface area contributed by atoms with Gasteiger partial charge in [0.1, 0.15) is 18.7 Å². The van der Waals surface area contributed by atoms with E-state index in [0.29, 0.717) is 5.69 Å². The SMILES string of the molecule is O=C(O)CCCC(=O)NC(=O)[C@H](Cc1c[nH]cn1)NC(=O)[C@H](Cc1ccccc1)NC(=O)OCc1ccccc1. The zero-order chi connectivity index (χ0) is 28.7. The van der Waals surface area contributed by atoms with Gasteiger partial charge < -0.3 is 25.5 Å². The quantitative estimate of drug-likeness (QED) is 0.202. The molecule has 1 aromatic heterocycles. The van der Waals surface area contributed by atoms with Crippen LogP contribution >= 0.6 is 0 Å². The van der Waals surface area contributed by atoms with E-state index in [0.717, 1.165) is 11.1 Å². The van der Waals surface area contributed by atoms with E-state index in [1.165, 1.54) is 6.33 Å². The summed E-state index contributed by atoms with van der Waals surface area (Å²) in [6.45, 7) is 0.000525. The number of amides is 4. The molecule has 3 rings (SSSR count). The summed E-state index contributed by atoms with van der Waals surface area (Å²) in [4.78, 5) is 68.7. The molecule has 40 heavy (non-hydrogen) atoms. The van der Waals surface area contributed by atoms with Crippen LogP contribution in [0.2, 0.25) is 0 Å². The van der Waals surface area contributed by atoms with Crippen LogP contribution in [-0.4, -0.2) is 56.9 Å². The van der Waals surface area contributed by atoms with Gasteiger partial charge in [-0.1, -0.05) is 60.7 Å². The second-order valence-electron chi connectivity index (χ2n) is 8.93. The number of hydrogen-bond donors (Lipinski definition) is 5. The van der Waals surface area contributed by atoms with Crippen molar-refractivity contribution in [3.63, 3.8) is 0 Å². The van der Waals surface area contributed by atoms with E-state index in [-0.39, 0.29) is 38.7 Å². The molecule has 5 N–H and O–H groups in total. The van der Waals surface area contributed by atoms with Crippen molar-refractivity contribution < 1.29 is 33.8 Å².